The Kier molecular flexibility index (Phi) is 14.9. The van der Waals surface area contributed by atoms with Crippen molar-refractivity contribution in [2.45, 2.75) is 97.6 Å². The summed E-state index contributed by atoms with van der Waals surface area (Å²) in [5.74, 6) is -0.801. The topological polar surface area (TPSA) is 153 Å². The minimum atomic E-state index is -1.15. The van der Waals surface area contributed by atoms with Crippen LogP contribution < -0.4 is 16.0 Å². The van der Waals surface area contributed by atoms with Crippen molar-refractivity contribution >= 4 is 23.9 Å². The van der Waals surface area contributed by atoms with Crippen LogP contribution in [-0.4, -0.2) is 94.3 Å². The number of hydrogen-bond acceptors (Lipinski definition) is 7. The van der Waals surface area contributed by atoms with Gasteiger partial charge in [0.25, 0.3) is 0 Å². The van der Waals surface area contributed by atoms with Gasteiger partial charge in [-0.2, -0.15) is 0 Å². The zero-order chi connectivity index (χ0) is 42.7. The lowest BCUT2D eigenvalue weighted by molar-refractivity contribution is -0.130. The lowest BCUT2D eigenvalue weighted by atomic mass is 9.84. The second kappa shape index (κ2) is 19.8. The van der Waals surface area contributed by atoms with E-state index in [4.69, 9.17) is 4.74 Å². The van der Waals surface area contributed by atoms with Crippen molar-refractivity contribution < 1.29 is 29.0 Å². The van der Waals surface area contributed by atoms with Crippen LogP contribution in [0.2, 0.25) is 0 Å². The fourth-order valence-electron chi connectivity index (χ4n) is 7.64. The number of nitrogens with zero attached hydrogens (tertiary/aromatic N) is 3. The molecule has 3 aromatic carbocycles. The van der Waals surface area contributed by atoms with Crippen molar-refractivity contribution in [3.63, 3.8) is 0 Å². The Morgan fingerprint density at radius 3 is 1.93 bits per heavy atom. The minimum absolute atomic E-state index is 0.0783. The summed E-state index contributed by atoms with van der Waals surface area (Å²) in [5, 5.41) is 21.1. The van der Waals surface area contributed by atoms with E-state index in [0.717, 1.165) is 27.8 Å². The highest BCUT2D eigenvalue weighted by molar-refractivity contribution is 5.89. The van der Waals surface area contributed by atoms with Gasteiger partial charge in [0.1, 0.15) is 12.1 Å². The summed E-state index contributed by atoms with van der Waals surface area (Å²) < 4.78 is 4.84. The Bertz CT molecular complexity index is 1980. The standard InChI is InChI=1S/C47H60N6O6/c1-46(2,3)40(51-44(57)59-7)42(55)50-38(28-33-20-22-35(23-21-33)36-19-14-24-48-30-36)39(54)29-37(27-32-15-10-8-11-16-32)49-43(56)41(47(4,5)6)53-26-25-52(45(53)58)31-34-17-12-9-13-18-34/h8-24,30,37-41,54H,25-29,31H2,1-7H3,(H,49,56)(H,50,55)(H,51,57). The third kappa shape index (κ3) is 12.4. The van der Waals surface area contributed by atoms with Crippen LogP contribution in [0.1, 0.15) is 64.7 Å². The summed E-state index contributed by atoms with van der Waals surface area (Å²) >= 11 is 0. The molecule has 0 radical (unpaired) electrons. The predicted molar refractivity (Wildman–Crippen MR) is 229 cm³/mol. The fourth-order valence-corrected chi connectivity index (χ4v) is 7.64. The molecule has 4 aromatic rings. The maximum atomic E-state index is 14.6. The van der Waals surface area contributed by atoms with E-state index in [0.29, 0.717) is 26.1 Å². The first-order valence-corrected chi connectivity index (χ1v) is 20.3. The molecule has 1 aromatic heterocycles. The van der Waals surface area contributed by atoms with E-state index >= 15 is 0 Å². The molecule has 0 spiro atoms. The number of carbonyl (C=O) groups excluding carboxylic acids is 4. The van der Waals surface area contributed by atoms with Gasteiger partial charge in [-0.1, -0.05) is 133 Å². The number of alkyl carbamates (subject to hydrolysis) is 1. The molecule has 1 fully saturated rings. The molecule has 1 aliphatic rings. The van der Waals surface area contributed by atoms with Crippen molar-refractivity contribution in [3.8, 4) is 11.1 Å². The number of amides is 5. The number of carbonyl (C=O) groups is 4. The molecule has 5 rings (SSSR count). The Labute approximate surface area is 348 Å². The number of pyridine rings is 1. The third-order valence-electron chi connectivity index (χ3n) is 10.7. The Morgan fingerprint density at radius 2 is 1.36 bits per heavy atom. The van der Waals surface area contributed by atoms with Crippen LogP contribution in [0.5, 0.6) is 0 Å². The molecule has 1 aliphatic heterocycles. The van der Waals surface area contributed by atoms with Gasteiger partial charge < -0.3 is 35.6 Å². The van der Waals surface area contributed by atoms with Gasteiger partial charge in [-0.25, -0.2) is 9.59 Å². The van der Waals surface area contributed by atoms with Crippen molar-refractivity contribution in [2.75, 3.05) is 20.2 Å². The van der Waals surface area contributed by atoms with Crippen molar-refractivity contribution in [1.29, 1.82) is 0 Å². The first-order chi connectivity index (χ1) is 28.0. The molecular formula is C47H60N6O6. The summed E-state index contributed by atoms with van der Waals surface area (Å²) in [4.78, 5) is 62.5. The van der Waals surface area contributed by atoms with Gasteiger partial charge in [-0.3, -0.25) is 14.6 Å². The minimum Gasteiger partial charge on any atom is -0.453 e. The van der Waals surface area contributed by atoms with Gasteiger partial charge in [0.15, 0.2) is 0 Å². The van der Waals surface area contributed by atoms with Crippen molar-refractivity contribution in [3.05, 3.63) is 126 Å². The van der Waals surface area contributed by atoms with E-state index in [-0.39, 0.29) is 24.8 Å². The molecule has 1 saturated heterocycles. The number of aromatic nitrogens is 1. The summed E-state index contributed by atoms with van der Waals surface area (Å²) in [6.07, 6.45) is 2.34. The van der Waals surface area contributed by atoms with E-state index in [1.54, 1.807) is 22.2 Å². The van der Waals surface area contributed by atoms with E-state index in [1.165, 1.54) is 7.11 Å². The number of benzene rings is 3. The molecule has 5 unspecified atom stereocenters. The van der Waals surface area contributed by atoms with Gasteiger partial charge in [0, 0.05) is 38.1 Å². The van der Waals surface area contributed by atoms with E-state index in [1.807, 2.05) is 139 Å². The molecule has 12 nitrogen and oxygen atoms in total. The normalized spacial score (nSPS) is 15.8. The smallest absolute Gasteiger partial charge is 0.407 e. The zero-order valence-corrected chi connectivity index (χ0v) is 35.4. The molecule has 59 heavy (non-hydrogen) atoms. The van der Waals surface area contributed by atoms with Gasteiger partial charge in [0.2, 0.25) is 11.8 Å². The lowest BCUT2D eigenvalue weighted by Crippen LogP contribution is -2.59. The Morgan fingerprint density at radius 1 is 0.729 bits per heavy atom. The quantitative estimate of drug-likeness (QED) is 0.103. The zero-order valence-electron chi connectivity index (χ0n) is 35.4. The summed E-state index contributed by atoms with van der Waals surface area (Å²) in [7, 11) is 1.24. The van der Waals surface area contributed by atoms with Gasteiger partial charge in [-0.15, -0.1) is 0 Å². The van der Waals surface area contributed by atoms with Crippen molar-refractivity contribution in [1.82, 2.24) is 30.7 Å². The maximum absolute atomic E-state index is 14.6. The first-order valence-electron chi connectivity index (χ1n) is 20.3. The number of rotatable bonds is 16. The SMILES string of the molecule is COC(=O)NC(C(=O)NC(Cc1ccc(-c2cccnc2)cc1)C(O)CC(Cc1ccccc1)NC(=O)C(N1CCN(Cc2ccccc2)C1=O)C(C)(C)C)C(C)(C)C. The molecule has 5 amide bonds. The summed E-state index contributed by atoms with van der Waals surface area (Å²) in [5.41, 5.74) is 3.43. The Hall–Kier alpha value is -5.75. The molecule has 0 bridgehead atoms. The molecule has 0 aliphatic carbocycles. The Balaban J connectivity index is 1.42. The molecular weight excluding hydrogens is 745 g/mol. The van der Waals surface area contributed by atoms with Crippen LogP contribution in [0.15, 0.2) is 109 Å². The molecule has 5 atom stereocenters. The van der Waals surface area contributed by atoms with Crippen LogP contribution >= 0.6 is 0 Å². The van der Waals surface area contributed by atoms with Crippen LogP contribution in [0, 0.1) is 10.8 Å². The number of ether oxygens (including phenoxy) is 1. The second-order valence-corrected chi connectivity index (χ2v) is 17.5. The first kappa shape index (κ1) is 44.4. The van der Waals surface area contributed by atoms with Gasteiger partial charge >= 0.3 is 12.1 Å². The number of hydrogen-bond donors (Lipinski definition) is 4. The van der Waals surface area contributed by atoms with Gasteiger partial charge in [0.05, 0.1) is 19.3 Å². The average Bonchev–Trinajstić information content (AvgIpc) is 3.54. The highest BCUT2D eigenvalue weighted by atomic mass is 16.5. The number of nitrogens with one attached hydrogen (secondary N) is 3. The summed E-state index contributed by atoms with van der Waals surface area (Å²) in [6, 6.07) is 27.8. The maximum Gasteiger partial charge on any atom is 0.407 e. The number of aliphatic hydroxyl groups is 1. The third-order valence-corrected chi connectivity index (χ3v) is 10.7. The second-order valence-electron chi connectivity index (χ2n) is 17.5. The molecule has 2 heterocycles. The van der Waals surface area contributed by atoms with Gasteiger partial charge in [-0.05, 0) is 64.0 Å². The molecule has 0 saturated carbocycles. The van der Waals surface area contributed by atoms with Crippen LogP contribution in [0.25, 0.3) is 11.1 Å². The summed E-state index contributed by atoms with van der Waals surface area (Å²) in [6.45, 7) is 12.7. The molecule has 12 heteroatoms. The fraction of sp³-hybridized carbons (Fsp3) is 0.426. The number of methoxy groups -OCH3 is 1. The monoisotopic (exact) mass is 804 g/mol. The highest BCUT2D eigenvalue weighted by Crippen LogP contribution is 2.29. The van der Waals surface area contributed by atoms with Crippen LogP contribution in [0.4, 0.5) is 9.59 Å². The van der Waals surface area contributed by atoms with Crippen LogP contribution in [-0.2, 0) is 33.7 Å². The van der Waals surface area contributed by atoms with E-state index in [9.17, 15) is 24.3 Å². The highest BCUT2D eigenvalue weighted by Gasteiger charge is 2.44. The lowest BCUT2D eigenvalue weighted by Gasteiger charge is -2.38. The predicted octanol–water partition coefficient (Wildman–Crippen LogP) is 6.38. The average molecular weight is 805 g/mol. The van der Waals surface area contributed by atoms with Crippen molar-refractivity contribution in [2.24, 2.45) is 10.8 Å². The molecule has 4 N–H and O–H groups in total. The largest absolute Gasteiger partial charge is 0.453 e. The van der Waals surface area contributed by atoms with E-state index in [2.05, 4.69) is 20.9 Å². The van der Waals surface area contributed by atoms with E-state index < -0.39 is 53.1 Å². The number of aliphatic hydroxyl groups excluding tert-OH is 1. The number of urea groups is 1. The molecule has 314 valence electrons. The van der Waals surface area contributed by atoms with Crippen LogP contribution in [0.3, 0.4) is 0 Å².